The lowest BCUT2D eigenvalue weighted by Crippen LogP contribution is -2.39. The van der Waals surface area contributed by atoms with Gasteiger partial charge < -0.3 is 5.32 Å². The van der Waals surface area contributed by atoms with Crippen LogP contribution in [0.4, 0.5) is 5.13 Å². The summed E-state index contributed by atoms with van der Waals surface area (Å²) >= 11 is 1.39. The second-order valence-electron chi connectivity index (χ2n) is 8.91. The molecule has 0 spiro atoms. The zero-order chi connectivity index (χ0) is 20.1. The number of anilines is 1. The van der Waals surface area contributed by atoms with E-state index in [0.29, 0.717) is 5.13 Å². The molecule has 2 aliphatic heterocycles. The van der Waals surface area contributed by atoms with Crippen LogP contribution in [0.5, 0.6) is 0 Å². The molecule has 3 amide bonds. The van der Waals surface area contributed by atoms with Crippen LogP contribution < -0.4 is 5.32 Å². The van der Waals surface area contributed by atoms with Crippen LogP contribution in [-0.4, -0.2) is 52.1 Å². The first kappa shape index (κ1) is 18.9. The lowest BCUT2D eigenvalue weighted by molar-refractivity contribution is -0.143. The number of hydrogen-bond acceptors (Lipinski definition) is 6. The molecule has 1 aromatic heterocycles. The van der Waals surface area contributed by atoms with Crippen LogP contribution in [0, 0.1) is 29.6 Å². The van der Waals surface area contributed by atoms with Gasteiger partial charge in [-0.05, 0) is 50.1 Å². The summed E-state index contributed by atoms with van der Waals surface area (Å²) < 4.78 is 0. The summed E-state index contributed by atoms with van der Waals surface area (Å²) in [6, 6.07) is 0. The third-order valence-electron chi connectivity index (χ3n) is 6.92. The SMILES string of the molecule is CC1CCN(Cc2csc(NC(=O)CN3C(=O)C4C5C=CC(C5)C4C3=O)n2)CC1. The Hall–Kier alpha value is -2.06. The smallest absolute Gasteiger partial charge is 0.246 e. The van der Waals surface area contributed by atoms with Crippen molar-refractivity contribution in [3.63, 3.8) is 0 Å². The van der Waals surface area contributed by atoms with Crippen molar-refractivity contribution in [3.8, 4) is 0 Å². The highest BCUT2D eigenvalue weighted by Gasteiger charge is 2.59. The molecule has 1 aromatic rings. The molecule has 3 heterocycles. The lowest BCUT2D eigenvalue weighted by atomic mass is 9.85. The Morgan fingerprint density at radius 1 is 1.17 bits per heavy atom. The molecule has 8 heteroatoms. The van der Waals surface area contributed by atoms with Crippen LogP contribution in [0.3, 0.4) is 0 Å². The Morgan fingerprint density at radius 2 is 1.83 bits per heavy atom. The van der Waals surface area contributed by atoms with E-state index in [0.717, 1.165) is 42.6 Å². The summed E-state index contributed by atoms with van der Waals surface area (Å²) in [5.74, 6) is -0.147. The van der Waals surface area contributed by atoms with Crippen molar-refractivity contribution in [2.75, 3.05) is 25.0 Å². The molecule has 154 valence electrons. The van der Waals surface area contributed by atoms with Crippen LogP contribution in [0.1, 0.15) is 31.9 Å². The Morgan fingerprint density at radius 3 is 2.48 bits per heavy atom. The maximum Gasteiger partial charge on any atom is 0.246 e. The van der Waals surface area contributed by atoms with Crippen LogP contribution >= 0.6 is 11.3 Å². The summed E-state index contributed by atoms with van der Waals surface area (Å²) in [4.78, 5) is 45.9. The van der Waals surface area contributed by atoms with E-state index in [2.05, 4.69) is 34.3 Å². The molecular weight excluding hydrogens is 388 g/mol. The van der Waals surface area contributed by atoms with Crippen molar-refractivity contribution < 1.29 is 14.4 Å². The number of carbonyl (C=O) groups excluding carboxylic acids is 3. The van der Waals surface area contributed by atoms with Gasteiger partial charge in [0.05, 0.1) is 17.5 Å². The molecule has 1 saturated carbocycles. The third kappa shape index (κ3) is 3.42. The molecule has 2 bridgehead atoms. The van der Waals surface area contributed by atoms with Crippen molar-refractivity contribution in [2.45, 2.75) is 32.7 Å². The Bertz CT molecular complexity index is 843. The first-order valence-electron chi connectivity index (χ1n) is 10.5. The lowest BCUT2D eigenvalue weighted by Gasteiger charge is -2.29. The Kier molecular flexibility index (Phi) is 4.78. The number of imide groups is 1. The number of likely N-dealkylation sites (tertiary alicyclic amines) is 2. The minimum absolute atomic E-state index is 0.161. The van der Waals surface area contributed by atoms with Crippen LogP contribution in [0.25, 0.3) is 0 Å². The van der Waals surface area contributed by atoms with Crippen molar-refractivity contribution in [2.24, 2.45) is 29.6 Å². The van der Waals surface area contributed by atoms with E-state index < -0.39 is 0 Å². The van der Waals surface area contributed by atoms with E-state index in [4.69, 9.17) is 0 Å². The molecule has 2 saturated heterocycles. The van der Waals surface area contributed by atoms with E-state index >= 15 is 0 Å². The van der Waals surface area contributed by atoms with Gasteiger partial charge in [0.25, 0.3) is 0 Å². The number of thiazole rings is 1. The van der Waals surface area contributed by atoms with E-state index in [1.54, 1.807) is 0 Å². The third-order valence-corrected chi connectivity index (χ3v) is 7.73. The summed E-state index contributed by atoms with van der Waals surface area (Å²) in [5.41, 5.74) is 0.949. The van der Waals surface area contributed by atoms with Gasteiger partial charge in [-0.2, -0.15) is 0 Å². The predicted octanol–water partition coefficient (Wildman–Crippen LogP) is 2.12. The zero-order valence-corrected chi connectivity index (χ0v) is 17.4. The van der Waals surface area contributed by atoms with Crippen molar-refractivity contribution >= 4 is 34.2 Å². The minimum atomic E-state index is -0.361. The number of amides is 3. The highest BCUT2D eigenvalue weighted by molar-refractivity contribution is 7.13. The molecule has 4 atom stereocenters. The number of carbonyl (C=O) groups is 3. The molecule has 1 N–H and O–H groups in total. The van der Waals surface area contributed by atoms with E-state index in [1.807, 2.05) is 5.38 Å². The van der Waals surface area contributed by atoms with Gasteiger partial charge in [-0.3, -0.25) is 24.2 Å². The second-order valence-corrected chi connectivity index (χ2v) is 9.77. The fourth-order valence-electron chi connectivity index (χ4n) is 5.31. The van der Waals surface area contributed by atoms with Crippen molar-refractivity contribution in [1.82, 2.24) is 14.8 Å². The number of allylic oxidation sites excluding steroid dienone is 2. The fraction of sp³-hybridized carbons (Fsp3) is 0.619. The minimum Gasteiger partial charge on any atom is -0.300 e. The molecule has 2 aliphatic carbocycles. The Balaban J connectivity index is 1.16. The van der Waals surface area contributed by atoms with Gasteiger partial charge >= 0.3 is 0 Å². The molecule has 29 heavy (non-hydrogen) atoms. The van der Waals surface area contributed by atoms with E-state index in [-0.39, 0.29) is 47.9 Å². The van der Waals surface area contributed by atoms with Gasteiger partial charge in [0.2, 0.25) is 17.7 Å². The summed E-state index contributed by atoms with van der Waals surface area (Å²) in [6.07, 6.45) is 7.43. The first-order chi connectivity index (χ1) is 14.0. The molecule has 4 unspecified atom stereocenters. The Labute approximate surface area is 174 Å². The van der Waals surface area contributed by atoms with Gasteiger partial charge in [-0.1, -0.05) is 19.1 Å². The molecule has 3 fully saturated rings. The highest BCUT2D eigenvalue weighted by atomic mass is 32.1. The largest absolute Gasteiger partial charge is 0.300 e. The molecule has 0 radical (unpaired) electrons. The highest BCUT2D eigenvalue weighted by Crippen LogP contribution is 2.52. The van der Waals surface area contributed by atoms with E-state index in [9.17, 15) is 14.4 Å². The van der Waals surface area contributed by atoms with Gasteiger partial charge in [0.1, 0.15) is 6.54 Å². The summed E-state index contributed by atoms with van der Waals surface area (Å²) in [5, 5.41) is 5.26. The normalized spacial score (nSPS) is 31.7. The number of aromatic nitrogens is 1. The molecule has 5 rings (SSSR count). The number of nitrogens with zero attached hydrogens (tertiary/aromatic N) is 3. The molecule has 0 aromatic carbocycles. The monoisotopic (exact) mass is 414 g/mol. The average Bonchev–Trinajstić information content (AvgIpc) is 3.46. The van der Waals surface area contributed by atoms with Gasteiger partial charge in [0, 0.05) is 11.9 Å². The molecule has 7 nitrogen and oxygen atoms in total. The maximum absolute atomic E-state index is 12.7. The molecule has 4 aliphatic rings. The summed E-state index contributed by atoms with van der Waals surface area (Å²) in [6.45, 7) is 5.03. The second kappa shape index (κ2) is 7.32. The fourth-order valence-corrected chi connectivity index (χ4v) is 6.03. The van der Waals surface area contributed by atoms with Crippen LogP contribution in [0.15, 0.2) is 17.5 Å². The van der Waals surface area contributed by atoms with E-state index in [1.165, 1.54) is 24.2 Å². The van der Waals surface area contributed by atoms with Gasteiger partial charge in [-0.25, -0.2) is 4.98 Å². The van der Waals surface area contributed by atoms with Crippen LogP contribution in [0.2, 0.25) is 0 Å². The number of nitrogens with one attached hydrogen (secondary N) is 1. The van der Waals surface area contributed by atoms with Crippen LogP contribution in [-0.2, 0) is 20.9 Å². The standard InChI is InChI=1S/C21H26N4O3S/c1-12-4-6-24(7-5-12)9-15-11-29-21(22-15)23-16(26)10-25-19(27)17-13-2-3-14(8-13)18(17)20(25)28/h2-3,11-14,17-18H,4-10H2,1H3,(H,22,23,26). The quantitative estimate of drug-likeness (QED) is 0.590. The van der Waals surface area contributed by atoms with Gasteiger partial charge in [-0.15, -0.1) is 11.3 Å². The number of hydrogen-bond donors (Lipinski definition) is 1. The van der Waals surface area contributed by atoms with Crippen molar-refractivity contribution in [3.05, 3.63) is 23.2 Å². The van der Waals surface area contributed by atoms with Gasteiger partial charge in [0.15, 0.2) is 5.13 Å². The zero-order valence-electron chi connectivity index (χ0n) is 16.5. The number of rotatable bonds is 5. The number of fused-ring (bicyclic) bond motifs is 5. The summed E-state index contributed by atoms with van der Waals surface area (Å²) in [7, 11) is 0. The van der Waals surface area contributed by atoms with Crippen molar-refractivity contribution in [1.29, 1.82) is 0 Å². The average molecular weight is 415 g/mol. The maximum atomic E-state index is 12.7. The topological polar surface area (TPSA) is 82.6 Å². The first-order valence-corrected chi connectivity index (χ1v) is 11.4. The molecular formula is C21H26N4O3S. The predicted molar refractivity (Wildman–Crippen MR) is 109 cm³/mol. The number of piperidine rings is 1.